The van der Waals surface area contributed by atoms with Crippen LogP contribution in [0.2, 0.25) is 5.02 Å². The molecule has 2 aromatic rings. The van der Waals surface area contributed by atoms with Crippen molar-refractivity contribution in [3.63, 3.8) is 0 Å². The Labute approximate surface area is 67.8 Å². The molecule has 2 rings (SSSR count). The van der Waals surface area contributed by atoms with Crippen LogP contribution in [-0.4, -0.2) is 15.2 Å². The van der Waals surface area contributed by atoms with E-state index in [1.165, 1.54) is 0 Å². The largest absolute Gasteiger partial charge is 0.411 e. The van der Waals surface area contributed by atoms with E-state index in [4.69, 9.17) is 16.8 Å². The van der Waals surface area contributed by atoms with Crippen LogP contribution in [0, 0.1) is 0 Å². The molecule has 1 aromatic carbocycles. The number of benzene rings is 1. The van der Waals surface area contributed by atoms with Gasteiger partial charge in [-0.2, -0.15) is 0 Å². The first kappa shape index (κ1) is 6.49. The van der Waals surface area contributed by atoms with E-state index >= 15 is 0 Å². The lowest BCUT2D eigenvalue weighted by Crippen LogP contribution is -1.89. The Bertz CT molecular complexity index is 396. The first-order valence-corrected chi connectivity index (χ1v) is 3.48. The lowest BCUT2D eigenvalue weighted by molar-refractivity contribution is 0.161. The lowest BCUT2D eigenvalue weighted by atomic mass is 10.3. The average Bonchev–Trinajstić information content (AvgIpc) is 2.33. The zero-order chi connectivity index (χ0) is 7.84. The molecule has 1 aromatic heterocycles. The van der Waals surface area contributed by atoms with Gasteiger partial charge >= 0.3 is 0 Å². The third-order valence-corrected chi connectivity index (χ3v) is 1.75. The molecule has 0 saturated carbocycles. The van der Waals surface area contributed by atoms with E-state index in [-0.39, 0.29) is 0 Å². The van der Waals surface area contributed by atoms with Gasteiger partial charge in [0.25, 0.3) is 0 Å². The Morgan fingerprint density at radius 2 is 2.27 bits per heavy atom. The van der Waals surface area contributed by atoms with Crippen LogP contribution >= 0.6 is 11.6 Å². The van der Waals surface area contributed by atoms with Crippen LogP contribution in [0.5, 0.6) is 0 Å². The van der Waals surface area contributed by atoms with Gasteiger partial charge in [-0.3, -0.25) is 0 Å². The number of rotatable bonds is 0. The number of fused-ring (bicyclic) bond motifs is 1. The van der Waals surface area contributed by atoms with Gasteiger partial charge in [-0.05, 0) is 18.2 Å². The highest BCUT2D eigenvalue weighted by atomic mass is 35.5. The number of nitrogens with zero attached hydrogens (tertiary/aromatic N) is 2. The van der Waals surface area contributed by atoms with Crippen LogP contribution in [0.3, 0.4) is 0 Å². The van der Waals surface area contributed by atoms with Crippen molar-refractivity contribution >= 4 is 22.5 Å². The molecule has 1 heterocycles. The van der Waals surface area contributed by atoms with Crippen LogP contribution in [0.4, 0.5) is 0 Å². The minimum absolute atomic E-state index is 0.591. The normalized spacial score (nSPS) is 10.6. The van der Waals surface area contributed by atoms with Crippen LogP contribution in [0.1, 0.15) is 0 Å². The highest BCUT2D eigenvalue weighted by Gasteiger charge is 1.99. The summed E-state index contributed by atoms with van der Waals surface area (Å²) in [5.41, 5.74) is 0.623. The predicted molar refractivity (Wildman–Crippen MR) is 41.9 cm³/mol. The minimum Gasteiger partial charge on any atom is -0.411 e. The molecule has 0 radical (unpaired) electrons. The number of aromatic nitrogens is 2. The van der Waals surface area contributed by atoms with Crippen molar-refractivity contribution in [3.05, 3.63) is 29.4 Å². The summed E-state index contributed by atoms with van der Waals surface area (Å²) in [7, 11) is 0. The van der Waals surface area contributed by atoms with Crippen molar-refractivity contribution in [2.45, 2.75) is 0 Å². The monoisotopic (exact) mass is 168 g/mol. The molecule has 4 heteroatoms. The van der Waals surface area contributed by atoms with E-state index in [1.54, 1.807) is 24.4 Å². The Morgan fingerprint density at radius 3 is 3.09 bits per heavy atom. The van der Waals surface area contributed by atoms with E-state index in [0.29, 0.717) is 10.5 Å². The summed E-state index contributed by atoms with van der Waals surface area (Å²) in [5.74, 6) is 0. The van der Waals surface area contributed by atoms with E-state index in [9.17, 15) is 0 Å². The number of hydrogen-bond donors (Lipinski definition) is 1. The fourth-order valence-electron chi connectivity index (χ4n) is 0.978. The van der Waals surface area contributed by atoms with Gasteiger partial charge in [0, 0.05) is 10.4 Å². The maximum atomic E-state index is 9.08. The first-order valence-electron chi connectivity index (χ1n) is 3.10. The summed E-state index contributed by atoms with van der Waals surface area (Å²) in [4.78, 5) is 0.807. The van der Waals surface area contributed by atoms with Gasteiger partial charge in [0.05, 0.1) is 6.20 Å². The minimum atomic E-state index is 0.591. The topological polar surface area (TPSA) is 38.0 Å². The van der Waals surface area contributed by atoms with Crippen molar-refractivity contribution in [2.24, 2.45) is 0 Å². The van der Waals surface area contributed by atoms with Crippen LogP contribution in [0.15, 0.2) is 24.4 Å². The molecule has 0 fully saturated rings. The second-order valence-electron chi connectivity index (χ2n) is 2.24. The van der Waals surface area contributed by atoms with Crippen molar-refractivity contribution in [1.82, 2.24) is 9.94 Å². The van der Waals surface area contributed by atoms with E-state index < -0.39 is 0 Å². The molecule has 0 spiro atoms. The van der Waals surface area contributed by atoms with E-state index in [2.05, 4.69) is 5.10 Å². The summed E-state index contributed by atoms with van der Waals surface area (Å²) < 4.78 is 0. The second kappa shape index (κ2) is 2.13. The average molecular weight is 169 g/mol. The first-order chi connectivity index (χ1) is 5.27. The molecule has 0 atom stereocenters. The molecule has 0 aliphatic carbocycles. The zero-order valence-electron chi connectivity index (χ0n) is 5.53. The molecule has 0 bridgehead atoms. The summed E-state index contributed by atoms with van der Waals surface area (Å²) in [5, 5.41) is 14.2. The van der Waals surface area contributed by atoms with Gasteiger partial charge in [-0.25, -0.2) is 0 Å². The molecular formula is C7H5ClN2O. The van der Waals surface area contributed by atoms with Crippen LogP contribution in [-0.2, 0) is 0 Å². The third-order valence-electron chi connectivity index (χ3n) is 1.51. The number of hydrogen-bond acceptors (Lipinski definition) is 2. The molecule has 11 heavy (non-hydrogen) atoms. The molecule has 0 unspecified atom stereocenters. The summed E-state index contributed by atoms with van der Waals surface area (Å²) >= 11 is 5.70. The van der Waals surface area contributed by atoms with E-state index in [1.807, 2.05) is 0 Å². The van der Waals surface area contributed by atoms with Gasteiger partial charge in [-0.1, -0.05) is 11.6 Å². The highest BCUT2D eigenvalue weighted by molar-refractivity contribution is 6.31. The summed E-state index contributed by atoms with van der Waals surface area (Å²) in [6.07, 6.45) is 1.58. The molecule has 1 N–H and O–H groups in total. The molecule has 0 saturated heterocycles. The molecule has 0 aliphatic heterocycles. The fourth-order valence-corrected chi connectivity index (χ4v) is 1.14. The Kier molecular flexibility index (Phi) is 1.26. The summed E-state index contributed by atoms with van der Waals surface area (Å²) in [6.45, 7) is 0. The van der Waals surface area contributed by atoms with Gasteiger partial charge in [0.15, 0.2) is 0 Å². The quantitative estimate of drug-likeness (QED) is 0.611. The Balaban J connectivity index is 2.87. The highest BCUT2D eigenvalue weighted by Crippen LogP contribution is 2.17. The lowest BCUT2D eigenvalue weighted by Gasteiger charge is -1.91. The zero-order valence-corrected chi connectivity index (χ0v) is 6.28. The van der Waals surface area contributed by atoms with Crippen molar-refractivity contribution in [2.75, 3.05) is 0 Å². The smallest absolute Gasteiger partial charge is 0.111 e. The maximum Gasteiger partial charge on any atom is 0.111 e. The van der Waals surface area contributed by atoms with Gasteiger partial charge in [0.1, 0.15) is 5.52 Å². The molecule has 3 nitrogen and oxygen atoms in total. The standard InChI is InChI=1S/C7H5ClN2O/c8-6-2-1-5-4-9-10(11)7(5)3-6/h1-4,11H. The van der Waals surface area contributed by atoms with Crippen LogP contribution < -0.4 is 0 Å². The number of halogens is 1. The SMILES string of the molecule is On1ncc2ccc(Cl)cc21. The fraction of sp³-hybridized carbons (Fsp3) is 0. The Morgan fingerprint density at radius 1 is 1.45 bits per heavy atom. The molecular weight excluding hydrogens is 164 g/mol. The third kappa shape index (κ3) is 0.935. The van der Waals surface area contributed by atoms with Gasteiger partial charge in [-0.15, -0.1) is 9.94 Å². The molecule has 0 aliphatic rings. The van der Waals surface area contributed by atoms with Gasteiger partial charge < -0.3 is 5.21 Å². The molecule has 56 valence electrons. The van der Waals surface area contributed by atoms with Gasteiger partial charge in [0.2, 0.25) is 0 Å². The van der Waals surface area contributed by atoms with Crippen molar-refractivity contribution in [1.29, 1.82) is 0 Å². The van der Waals surface area contributed by atoms with Crippen molar-refractivity contribution in [3.8, 4) is 0 Å². The van der Waals surface area contributed by atoms with Crippen LogP contribution in [0.25, 0.3) is 10.9 Å². The predicted octanol–water partition coefficient (Wildman–Crippen LogP) is 1.93. The van der Waals surface area contributed by atoms with Crippen molar-refractivity contribution < 1.29 is 5.21 Å². The summed E-state index contributed by atoms with van der Waals surface area (Å²) in [6, 6.07) is 5.22. The second-order valence-corrected chi connectivity index (χ2v) is 2.67. The van der Waals surface area contributed by atoms with E-state index in [0.717, 1.165) is 10.2 Å². The Hall–Kier alpha value is -1.22. The maximum absolute atomic E-state index is 9.08. The molecule has 0 amide bonds.